The van der Waals surface area contributed by atoms with Crippen molar-refractivity contribution in [2.75, 3.05) is 23.9 Å². The van der Waals surface area contributed by atoms with E-state index in [-0.39, 0.29) is 0 Å². The Labute approximate surface area is 122 Å². The van der Waals surface area contributed by atoms with Gasteiger partial charge in [-0.3, -0.25) is 9.59 Å². The minimum absolute atomic E-state index is 0.439. The van der Waals surface area contributed by atoms with E-state index in [0.717, 1.165) is 11.5 Å². The molecule has 0 fully saturated rings. The molecule has 1 aliphatic heterocycles. The summed E-state index contributed by atoms with van der Waals surface area (Å²) in [5.41, 5.74) is 2.07. The average Bonchev–Trinajstić information content (AvgIpc) is 2.97. The van der Waals surface area contributed by atoms with Crippen molar-refractivity contribution in [1.29, 1.82) is 0 Å². The number of rotatable bonds is 3. The van der Waals surface area contributed by atoms with E-state index in [1.54, 1.807) is 19.3 Å². The molecule has 1 aromatic carbocycles. The van der Waals surface area contributed by atoms with Crippen molar-refractivity contribution >= 4 is 23.1 Å². The van der Waals surface area contributed by atoms with Gasteiger partial charge in [-0.15, -0.1) is 0 Å². The van der Waals surface area contributed by atoms with Crippen LogP contribution in [0, 0.1) is 0 Å². The lowest BCUT2D eigenvalue weighted by molar-refractivity contribution is -0.114. The van der Waals surface area contributed by atoms with Gasteiger partial charge in [-0.25, -0.2) is 4.98 Å². The molecule has 0 atom stereocenters. The molecule has 108 valence electrons. The number of amides is 1. The van der Waals surface area contributed by atoms with Gasteiger partial charge in [0, 0.05) is 39.2 Å². The van der Waals surface area contributed by atoms with Crippen LogP contribution in [0.4, 0.5) is 11.4 Å². The van der Waals surface area contributed by atoms with Gasteiger partial charge in [0.2, 0.25) is 0 Å². The first-order valence-corrected chi connectivity index (χ1v) is 6.63. The van der Waals surface area contributed by atoms with Gasteiger partial charge in [0.25, 0.3) is 11.7 Å². The van der Waals surface area contributed by atoms with Crippen molar-refractivity contribution in [2.45, 2.75) is 6.54 Å². The van der Waals surface area contributed by atoms with Crippen molar-refractivity contribution in [2.24, 2.45) is 7.05 Å². The number of hydrogen-bond acceptors (Lipinski definition) is 4. The second kappa shape index (κ2) is 4.73. The van der Waals surface area contributed by atoms with E-state index in [9.17, 15) is 9.59 Å². The second-order valence-electron chi connectivity index (χ2n) is 5.21. The fourth-order valence-corrected chi connectivity index (χ4v) is 2.46. The van der Waals surface area contributed by atoms with E-state index < -0.39 is 11.7 Å². The van der Waals surface area contributed by atoms with E-state index in [1.165, 1.54) is 4.90 Å². The van der Waals surface area contributed by atoms with Crippen molar-refractivity contribution in [3.63, 3.8) is 0 Å². The molecule has 0 bridgehead atoms. The molecule has 0 unspecified atom stereocenters. The number of imidazole rings is 1. The highest BCUT2D eigenvalue weighted by Crippen LogP contribution is 2.31. The standard InChI is InChI=1S/C15H16N4O2/c1-17-7-6-16-13(17)9-18(2)10-4-5-11-12(8-10)19(3)15(21)14(11)20/h4-8H,9H2,1-3H3. The summed E-state index contributed by atoms with van der Waals surface area (Å²) < 4.78 is 1.96. The number of likely N-dealkylation sites (N-methyl/N-ethyl adjacent to an activating group) is 1. The van der Waals surface area contributed by atoms with Crippen molar-refractivity contribution in [1.82, 2.24) is 9.55 Å². The molecule has 3 rings (SSSR count). The Kier molecular flexibility index (Phi) is 3.01. The number of ketones is 1. The number of hydrogen-bond donors (Lipinski definition) is 0. The summed E-state index contributed by atoms with van der Waals surface area (Å²) in [6.45, 7) is 0.647. The van der Waals surface area contributed by atoms with Gasteiger partial charge in [-0.1, -0.05) is 0 Å². The van der Waals surface area contributed by atoms with E-state index >= 15 is 0 Å². The predicted molar refractivity (Wildman–Crippen MR) is 79.5 cm³/mol. The fourth-order valence-electron chi connectivity index (χ4n) is 2.46. The molecule has 0 radical (unpaired) electrons. The molecule has 0 saturated heterocycles. The van der Waals surface area contributed by atoms with Crippen LogP contribution in [-0.4, -0.2) is 35.3 Å². The lowest BCUT2D eigenvalue weighted by Gasteiger charge is -2.20. The first-order chi connectivity index (χ1) is 9.99. The molecule has 0 aliphatic carbocycles. The third kappa shape index (κ3) is 2.08. The maximum absolute atomic E-state index is 11.8. The Morgan fingerprint density at radius 2 is 2.00 bits per heavy atom. The fraction of sp³-hybridized carbons (Fsp3) is 0.267. The van der Waals surface area contributed by atoms with Crippen LogP contribution < -0.4 is 9.80 Å². The molecule has 2 aromatic rings. The molecule has 21 heavy (non-hydrogen) atoms. The number of aromatic nitrogens is 2. The van der Waals surface area contributed by atoms with E-state index in [4.69, 9.17) is 0 Å². The van der Waals surface area contributed by atoms with Gasteiger partial charge in [0.15, 0.2) is 0 Å². The third-order valence-electron chi connectivity index (χ3n) is 3.83. The zero-order chi connectivity index (χ0) is 15.1. The maximum atomic E-state index is 11.8. The monoisotopic (exact) mass is 284 g/mol. The van der Waals surface area contributed by atoms with Crippen LogP contribution in [0.1, 0.15) is 16.2 Å². The lowest BCUT2D eigenvalue weighted by atomic mass is 10.1. The molecule has 0 saturated carbocycles. The molecule has 2 heterocycles. The minimum Gasteiger partial charge on any atom is -0.367 e. The van der Waals surface area contributed by atoms with Crippen LogP contribution in [-0.2, 0) is 18.4 Å². The summed E-state index contributed by atoms with van der Waals surface area (Å²) in [6, 6.07) is 5.43. The number of Topliss-reactive ketones (excluding diaryl/α,β-unsaturated/α-hetero) is 1. The highest BCUT2D eigenvalue weighted by Gasteiger charge is 2.33. The van der Waals surface area contributed by atoms with Crippen LogP contribution in [0.2, 0.25) is 0 Å². The SMILES string of the molecule is CN(Cc1nccn1C)c1ccc2c(c1)N(C)C(=O)C2=O. The highest BCUT2D eigenvalue weighted by atomic mass is 16.2. The predicted octanol–water partition coefficient (Wildman–Crippen LogP) is 1.22. The van der Waals surface area contributed by atoms with Crippen molar-refractivity contribution < 1.29 is 9.59 Å². The number of benzene rings is 1. The number of carbonyl (C=O) groups is 2. The first-order valence-electron chi connectivity index (χ1n) is 6.63. The lowest BCUT2D eigenvalue weighted by Crippen LogP contribution is -2.25. The minimum atomic E-state index is -0.478. The zero-order valence-corrected chi connectivity index (χ0v) is 12.2. The van der Waals surface area contributed by atoms with Gasteiger partial charge in [0.05, 0.1) is 17.8 Å². The Balaban J connectivity index is 1.90. The van der Waals surface area contributed by atoms with Crippen molar-refractivity contribution in [3.8, 4) is 0 Å². The number of anilines is 2. The molecule has 1 amide bonds. The van der Waals surface area contributed by atoms with Gasteiger partial charge in [-0.2, -0.15) is 0 Å². The summed E-state index contributed by atoms with van der Waals surface area (Å²) >= 11 is 0. The maximum Gasteiger partial charge on any atom is 0.299 e. The van der Waals surface area contributed by atoms with E-state index in [0.29, 0.717) is 17.8 Å². The summed E-state index contributed by atoms with van der Waals surface area (Å²) in [5.74, 6) is 0.0261. The Morgan fingerprint density at radius 1 is 1.24 bits per heavy atom. The summed E-state index contributed by atoms with van der Waals surface area (Å²) in [6.07, 6.45) is 3.66. The topological polar surface area (TPSA) is 58.4 Å². The molecule has 0 spiro atoms. The van der Waals surface area contributed by atoms with E-state index in [1.807, 2.05) is 41.9 Å². The molecular formula is C15H16N4O2. The van der Waals surface area contributed by atoms with Crippen LogP contribution >= 0.6 is 0 Å². The van der Waals surface area contributed by atoms with Crippen LogP contribution in [0.25, 0.3) is 0 Å². The van der Waals surface area contributed by atoms with Crippen LogP contribution in [0.5, 0.6) is 0 Å². The number of fused-ring (bicyclic) bond motifs is 1. The molecule has 6 heteroatoms. The summed E-state index contributed by atoms with van der Waals surface area (Å²) in [7, 11) is 5.52. The summed E-state index contributed by atoms with van der Waals surface area (Å²) in [4.78, 5) is 31.2. The quantitative estimate of drug-likeness (QED) is 0.795. The van der Waals surface area contributed by atoms with Gasteiger partial charge >= 0.3 is 0 Å². The van der Waals surface area contributed by atoms with Crippen molar-refractivity contribution in [3.05, 3.63) is 42.0 Å². The number of nitrogens with zero attached hydrogens (tertiary/aromatic N) is 4. The Hall–Kier alpha value is -2.63. The molecule has 1 aromatic heterocycles. The number of aryl methyl sites for hydroxylation is 1. The number of carbonyl (C=O) groups excluding carboxylic acids is 2. The zero-order valence-electron chi connectivity index (χ0n) is 12.2. The molecular weight excluding hydrogens is 268 g/mol. The smallest absolute Gasteiger partial charge is 0.299 e. The van der Waals surface area contributed by atoms with Crippen LogP contribution in [0.3, 0.4) is 0 Å². The largest absolute Gasteiger partial charge is 0.367 e. The molecule has 6 nitrogen and oxygen atoms in total. The van der Waals surface area contributed by atoms with Gasteiger partial charge in [-0.05, 0) is 18.2 Å². The van der Waals surface area contributed by atoms with Crippen LogP contribution in [0.15, 0.2) is 30.6 Å². The normalized spacial score (nSPS) is 13.8. The van der Waals surface area contributed by atoms with E-state index in [2.05, 4.69) is 4.98 Å². The highest BCUT2D eigenvalue weighted by molar-refractivity contribution is 6.52. The Bertz CT molecular complexity index is 735. The first kappa shape index (κ1) is 13.4. The molecule has 0 N–H and O–H groups in total. The van der Waals surface area contributed by atoms with Gasteiger partial charge in [0.1, 0.15) is 5.82 Å². The average molecular weight is 284 g/mol. The Morgan fingerprint density at radius 3 is 2.67 bits per heavy atom. The third-order valence-corrected chi connectivity index (χ3v) is 3.83. The second-order valence-corrected chi connectivity index (χ2v) is 5.21. The molecule has 1 aliphatic rings. The van der Waals surface area contributed by atoms with Gasteiger partial charge < -0.3 is 14.4 Å². The summed E-state index contributed by atoms with van der Waals surface area (Å²) in [5, 5.41) is 0.